The molecule has 3 rings (SSSR count). The van der Waals surface area contributed by atoms with Crippen LogP contribution in [0.2, 0.25) is 0 Å². The highest BCUT2D eigenvalue weighted by atomic mass is 35.5. The van der Waals surface area contributed by atoms with Crippen LogP contribution in [0.25, 0.3) is 5.69 Å². The van der Waals surface area contributed by atoms with Gasteiger partial charge in [-0.05, 0) is 62.5 Å². The Morgan fingerprint density at radius 2 is 2.08 bits per heavy atom. The van der Waals surface area contributed by atoms with Gasteiger partial charge in [0, 0.05) is 24.5 Å². The number of benzene rings is 1. The number of rotatable bonds is 5. The number of nitrogens with zero attached hydrogens (tertiary/aromatic N) is 2. The Bertz CT molecular complexity index is 661. The Kier molecular flexibility index (Phi) is 8.89. The van der Waals surface area contributed by atoms with Crippen LogP contribution >= 0.6 is 24.8 Å². The number of hydrogen-bond acceptors (Lipinski definition) is 3. The molecule has 0 bridgehead atoms. The van der Waals surface area contributed by atoms with Gasteiger partial charge in [-0.15, -0.1) is 24.8 Å². The fraction of sp³-hybridized carbons (Fsp3) is 0.412. The number of carbonyl (C=O) groups excluding carboxylic acids is 1. The number of piperidine rings is 1. The van der Waals surface area contributed by atoms with Gasteiger partial charge in [-0.2, -0.15) is 5.10 Å². The highest BCUT2D eigenvalue weighted by Gasteiger charge is 2.15. The molecule has 1 fully saturated rings. The Balaban J connectivity index is 0.00000156. The lowest BCUT2D eigenvalue weighted by atomic mass is 9.93. The number of halogens is 3. The fourth-order valence-corrected chi connectivity index (χ4v) is 2.91. The summed E-state index contributed by atoms with van der Waals surface area (Å²) in [5, 5.41) is 10.1. The van der Waals surface area contributed by atoms with E-state index in [4.69, 9.17) is 0 Å². The third-order valence-corrected chi connectivity index (χ3v) is 4.22. The fourth-order valence-electron chi connectivity index (χ4n) is 2.91. The van der Waals surface area contributed by atoms with E-state index in [2.05, 4.69) is 15.7 Å². The highest BCUT2D eigenvalue weighted by molar-refractivity contribution is 5.90. The summed E-state index contributed by atoms with van der Waals surface area (Å²) in [5.74, 6) is 0.139. The SMILES string of the molecule is Cl.Cl.O=C(CCC1CCNCC1)Nc1ccc(-n2cccn2)c(F)c1. The summed E-state index contributed by atoms with van der Waals surface area (Å²) in [6.07, 6.45) is 6.89. The normalized spacial score (nSPS) is 14.3. The molecule has 1 aliphatic heterocycles. The number of anilines is 1. The van der Waals surface area contributed by atoms with Gasteiger partial charge < -0.3 is 10.6 Å². The maximum absolute atomic E-state index is 14.1. The molecule has 5 nitrogen and oxygen atoms in total. The van der Waals surface area contributed by atoms with Gasteiger partial charge in [-0.3, -0.25) is 4.79 Å². The van der Waals surface area contributed by atoms with Crippen LogP contribution in [0.4, 0.5) is 10.1 Å². The van der Waals surface area contributed by atoms with E-state index in [9.17, 15) is 9.18 Å². The molecule has 0 radical (unpaired) electrons. The number of nitrogens with one attached hydrogen (secondary N) is 2. The summed E-state index contributed by atoms with van der Waals surface area (Å²) in [5.41, 5.74) is 0.844. The first kappa shape index (κ1) is 21.4. The molecule has 138 valence electrons. The van der Waals surface area contributed by atoms with Crippen LogP contribution < -0.4 is 10.6 Å². The van der Waals surface area contributed by atoms with Crippen LogP contribution in [0.3, 0.4) is 0 Å². The van der Waals surface area contributed by atoms with Crippen LogP contribution in [-0.2, 0) is 4.79 Å². The standard InChI is InChI=1S/C17H21FN4O.2ClH/c18-15-12-14(3-4-16(15)22-11-1-8-20-22)21-17(23)5-2-13-6-9-19-10-7-13;;/h1,3-4,8,11-13,19H,2,5-7,9-10H2,(H,21,23);2*1H. The third kappa shape index (κ3) is 5.99. The van der Waals surface area contributed by atoms with E-state index in [0.29, 0.717) is 23.7 Å². The molecular formula is C17H23Cl2FN4O. The summed E-state index contributed by atoms with van der Waals surface area (Å²) in [7, 11) is 0. The van der Waals surface area contributed by atoms with Gasteiger partial charge >= 0.3 is 0 Å². The second-order valence-corrected chi connectivity index (χ2v) is 5.90. The quantitative estimate of drug-likeness (QED) is 0.822. The van der Waals surface area contributed by atoms with Gasteiger partial charge in [0.1, 0.15) is 5.69 Å². The minimum atomic E-state index is -0.412. The highest BCUT2D eigenvalue weighted by Crippen LogP contribution is 2.20. The largest absolute Gasteiger partial charge is 0.326 e. The Morgan fingerprint density at radius 3 is 2.72 bits per heavy atom. The molecule has 0 saturated carbocycles. The Hall–Kier alpha value is -1.63. The molecule has 1 aliphatic rings. The summed E-state index contributed by atoms with van der Waals surface area (Å²) >= 11 is 0. The van der Waals surface area contributed by atoms with Gasteiger partial charge in [-0.1, -0.05) is 0 Å². The Morgan fingerprint density at radius 1 is 1.32 bits per heavy atom. The molecule has 1 aromatic carbocycles. The lowest BCUT2D eigenvalue weighted by Gasteiger charge is -2.22. The van der Waals surface area contributed by atoms with Crippen LogP contribution in [-0.4, -0.2) is 28.8 Å². The topological polar surface area (TPSA) is 59.0 Å². The van der Waals surface area contributed by atoms with Gasteiger partial charge in [0.15, 0.2) is 5.82 Å². The van der Waals surface area contributed by atoms with Crippen molar-refractivity contribution in [1.82, 2.24) is 15.1 Å². The van der Waals surface area contributed by atoms with Gasteiger partial charge in [0.05, 0.1) is 0 Å². The van der Waals surface area contributed by atoms with Gasteiger partial charge in [0.25, 0.3) is 0 Å². The number of amides is 1. The maximum Gasteiger partial charge on any atom is 0.224 e. The van der Waals surface area contributed by atoms with E-state index in [1.54, 1.807) is 30.6 Å². The van der Waals surface area contributed by atoms with Crippen molar-refractivity contribution in [3.63, 3.8) is 0 Å². The first-order valence-electron chi connectivity index (χ1n) is 8.02. The summed E-state index contributed by atoms with van der Waals surface area (Å²) < 4.78 is 15.6. The summed E-state index contributed by atoms with van der Waals surface area (Å²) in [6.45, 7) is 2.07. The van der Waals surface area contributed by atoms with Crippen molar-refractivity contribution < 1.29 is 9.18 Å². The molecule has 1 amide bonds. The van der Waals surface area contributed by atoms with Gasteiger partial charge in [0.2, 0.25) is 5.91 Å². The summed E-state index contributed by atoms with van der Waals surface area (Å²) in [4.78, 5) is 12.0. The molecule has 25 heavy (non-hydrogen) atoms. The van der Waals surface area contributed by atoms with Crippen molar-refractivity contribution >= 4 is 36.4 Å². The molecule has 1 aromatic heterocycles. The first-order chi connectivity index (χ1) is 11.2. The smallest absolute Gasteiger partial charge is 0.224 e. The third-order valence-electron chi connectivity index (χ3n) is 4.22. The predicted octanol–water partition coefficient (Wildman–Crippen LogP) is 3.57. The van der Waals surface area contributed by atoms with Crippen LogP contribution in [0, 0.1) is 11.7 Å². The minimum absolute atomic E-state index is 0. The number of carbonyl (C=O) groups is 1. The molecule has 2 heterocycles. The average molecular weight is 389 g/mol. The van der Waals surface area contributed by atoms with Crippen molar-refractivity contribution in [1.29, 1.82) is 0 Å². The second-order valence-electron chi connectivity index (χ2n) is 5.90. The molecule has 1 saturated heterocycles. The van der Waals surface area contributed by atoms with E-state index >= 15 is 0 Å². The zero-order valence-corrected chi connectivity index (χ0v) is 15.4. The molecule has 0 aliphatic carbocycles. The van der Waals surface area contributed by atoms with E-state index in [1.807, 2.05) is 0 Å². The van der Waals surface area contributed by atoms with Crippen molar-refractivity contribution in [2.45, 2.75) is 25.7 Å². The lowest BCUT2D eigenvalue weighted by Crippen LogP contribution is -2.28. The molecule has 0 spiro atoms. The zero-order chi connectivity index (χ0) is 16.1. The van der Waals surface area contributed by atoms with E-state index in [1.165, 1.54) is 10.7 Å². The van der Waals surface area contributed by atoms with Crippen molar-refractivity contribution in [2.75, 3.05) is 18.4 Å². The summed E-state index contributed by atoms with van der Waals surface area (Å²) in [6, 6.07) is 6.38. The molecule has 8 heteroatoms. The molecule has 0 unspecified atom stereocenters. The van der Waals surface area contributed by atoms with E-state index < -0.39 is 5.82 Å². The Labute approximate surface area is 159 Å². The first-order valence-corrected chi connectivity index (χ1v) is 8.02. The lowest BCUT2D eigenvalue weighted by molar-refractivity contribution is -0.116. The number of aromatic nitrogens is 2. The molecule has 2 N–H and O–H groups in total. The minimum Gasteiger partial charge on any atom is -0.326 e. The van der Waals surface area contributed by atoms with E-state index in [-0.39, 0.29) is 30.7 Å². The zero-order valence-electron chi connectivity index (χ0n) is 13.8. The molecular weight excluding hydrogens is 366 g/mol. The number of hydrogen-bond donors (Lipinski definition) is 2. The maximum atomic E-state index is 14.1. The van der Waals surface area contributed by atoms with Gasteiger partial charge in [-0.25, -0.2) is 9.07 Å². The van der Waals surface area contributed by atoms with Crippen molar-refractivity contribution in [3.8, 4) is 5.69 Å². The van der Waals surface area contributed by atoms with E-state index in [0.717, 1.165) is 32.4 Å². The average Bonchev–Trinajstić information content (AvgIpc) is 3.08. The van der Waals surface area contributed by atoms with Crippen molar-refractivity contribution in [3.05, 3.63) is 42.5 Å². The molecule has 2 aromatic rings. The predicted molar refractivity (Wildman–Crippen MR) is 101 cm³/mol. The monoisotopic (exact) mass is 388 g/mol. The van der Waals surface area contributed by atoms with Crippen LogP contribution in [0.15, 0.2) is 36.7 Å². The van der Waals surface area contributed by atoms with Crippen molar-refractivity contribution in [2.24, 2.45) is 5.92 Å². The molecule has 0 atom stereocenters. The van der Waals surface area contributed by atoms with Crippen LogP contribution in [0.5, 0.6) is 0 Å². The second kappa shape index (κ2) is 10.4. The van der Waals surface area contributed by atoms with Crippen LogP contribution in [0.1, 0.15) is 25.7 Å².